The Bertz CT molecular complexity index is 479. The first-order chi connectivity index (χ1) is 11.1. The molecule has 0 saturated heterocycles. The van der Waals surface area contributed by atoms with Crippen molar-refractivity contribution in [2.24, 2.45) is 0 Å². The van der Waals surface area contributed by atoms with Gasteiger partial charge in [-0.15, -0.1) is 0 Å². The van der Waals surface area contributed by atoms with Crippen LogP contribution < -0.4 is 10.6 Å². The molecule has 5 heteroatoms. The van der Waals surface area contributed by atoms with E-state index in [2.05, 4.69) is 29.7 Å². The van der Waals surface area contributed by atoms with Crippen LogP contribution in [0.1, 0.15) is 44.6 Å². The fraction of sp³-hybridized carbons (Fsp3) is 0.556. The van der Waals surface area contributed by atoms with Crippen LogP contribution >= 0.6 is 11.8 Å². The third-order valence-corrected chi connectivity index (χ3v) is 4.47. The van der Waals surface area contributed by atoms with Crippen LogP contribution in [-0.2, 0) is 9.59 Å². The van der Waals surface area contributed by atoms with Crippen molar-refractivity contribution in [1.29, 1.82) is 0 Å². The number of hydrogen-bond acceptors (Lipinski definition) is 3. The van der Waals surface area contributed by atoms with Crippen LogP contribution in [0.2, 0.25) is 0 Å². The van der Waals surface area contributed by atoms with Gasteiger partial charge in [0.2, 0.25) is 11.8 Å². The van der Waals surface area contributed by atoms with Crippen molar-refractivity contribution in [2.75, 3.05) is 18.6 Å². The van der Waals surface area contributed by atoms with E-state index in [1.54, 1.807) is 18.7 Å². The van der Waals surface area contributed by atoms with E-state index in [1.165, 1.54) is 5.56 Å². The van der Waals surface area contributed by atoms with Gasteiger partial charge in [0, 0.05) is 13.0 Å². The molecule has 1 aromatic rings. The van der Waals surface area contributed by atoms with Gasteiger partial charge in [-0.2, -0.15) is 11.8 Å². The molecule has 0 aliphatic heterocycles. The molecule has 0 aliphatic carbocycles. The Kier molecular flexibility index (Phi) is 9.45. The van der Waals surface area contributed by atoms with Crippen molar-refractivity contribution in [3.05, 3.63) is 35.9 Å². The minimum Gasteiger partial charge on any atom is -0.354 e. The molecular weight excluding hydrogens is 308 g/mol. The first-order valence-electron chi connectivity index (χ1n) is 8.19. The first kappa shape index (κ1) is 19.6. The minimum atomic E-state index is -0.429. The standard InChI is InChI=1S/C18H28N2O2S/c1-4-17(21)20-16(11-13-23-3)18(22)19-12-10-14(2)15-8-6-5-7-9-15/h5-9,14,16H,4,10-13H2,1-3H3,(H,19,22)(H,20,21)/t14-,16-/m1/s1. The number of carbonyl (C=O) groups excluding carboxylic acids is 2. The van der Waals surface area contributed by atoms with Crippen molar-refractivity contribution >= 4 is 23.6 Å². The predicted octanol–water partition coefficient (Wildman–Crippen LogP) is 2.94. The van der Waals surface area contributed by atoms with E-state index in [0.717, 1.165) is 12.2 Å². The number of rotatable bonds is 10. The molecule has 0 radical (unpaired) electrons. The van der Waals surface area contributed by atoms with Crippen molar-refractivity contribution in [1.82, 2.24) is 10.6 Å². The summed E-state index contributed by atoms with van der Waals surface area (Å²) < 4.78 is 0. The normalized spacial score (nSPS) is 13.2. The van der Waals surface area contributed by atoms with Gasteiger partial charge in [-0.25, -0.2) is 0 Å². The second kappa shape index (κ2) is 11.1. The van der Waals surface area contributed by atoms with Gasteiger partial charge in [0.15, 0.2) is 0 Å². The fourth-order valence-corrected chi connectivity index (χ4v) is 2.76. The second-order valence-electron chi connectivity index (χ2n) is 5.65. The summed E-state index contributed by atoms with van der Waals surface area (Å²) in [5.74, 6) is 1.08. The van der Waals surface area contributed by atoms with Crippen LogP contribution in [0.3, 0.4) is 0 Å². The Morgan fingerprint density at radius 1 is 1.17 bits per heavy atom. The molecule has 0 saturated carbocycles. The zero-order valence-electron chi connectivity index (χ0n) is 14.3. The summed E-state index contributed by atoms with van der Waals surface area (Å²) in [6.45, 7) is 4.57. The summed E-state index contributed by atoms with van der Waals surface area (Å²) in [7, 11) is 0. The quantitative estimate of drug-likeness (QED) is 0.691. The lowest BCUT2D eigenvalue weighted by Crippen LogP contribution is -2.47. The summed E-state index contributed by atoms with van der Waals surface area (Å²) in [5.41, 5.74) is 1.28. The third kappa shape index (κ3) is 7.55. The molecule has 0 aliphatic rings. The second-order valence-corrected chi connectivity index (χ2v) is 6.63. The Hall–Kier alpha value is -1.49. The number of amides is 2. The highest BCUT2D eigenvalue weighted by molar-refractivity contribution is 7.98. The fourth-order valence-electron chi connectivity index (χ4n) is 2.28. The first-order valence-corrected chi connectivity index (χ1v) is 9.58. The largest absolute Gasteiger partial charge is 0.354 e. The van der Waals surface area contributed by atoms with Gasteiger partial charge in [0.05, 0.1) is 0 Å². The van der Waals surface area contributed by atoms with Crippen LogP contribution in [0.5, 0.6) is 0 Å². The molecule has 23 heavy (non-hydrogen) atoms. The van der Waals surface area contributed by atoms with Crippen molar-refractivity contribution < 1.29 is 9.59 Å². The van der Waals surface area contributed by atoms with E-state index < -0.39 is 6.04 Å². The average molecular weight is 337 g/mol. The van der Waals surface area contributed by atoms with Gasteiger partial charge in [-0.05, 0) is 36.3 Å². The number of carbonyl (C=O) groups is 2. The van der Waals surface area contributed by atoms with Crippen molar-refractivity contribution in [3.8, 4) is 0 Å². The Morgan fingerprint density at radius 2 is 1.87 bits per heavy atom. The monoisotopic (exact) mass is 336 g/mol. The molecule has 0 aromatic heterocycles. The van der Waals surface area contributed by atoms with Gasteiger partial charge >= 0.3 is 0 Å². The van der Waals surface area contributed by atoms with Gasteiger partial charge < -0.3 is 10.6 Å². The molecule has 128 valence electrons. The van der Waals surface area contributed by atoms with E-state index in [0.29, 0.717) is 25.3 Å². The van der Waals surface area contributed by atoms with Crippen LogP contribution in [0.25, 0.3) is 0 Å². The van der Waals surface area contributed by atoms with Gasteiger partial charge in [0.1, 0.15) is 6.04 Å². The molecule has 4 nitrogen and oxygen atoms in total. The molecule has 0 heterocycles. The lowest BCUT2D eigenvalue weighted by Gasteiger charge is -2.19. The molecule has 0 fully saturated rings. The summed E-state index contributed by atoms with van der Waals surface area (Å²) in [6, 6.07) is 9.85. The summed E-state index contributed by atoms with van der Waals surface area (Å²) in [4.78, 5) is 23.8. The molecule has 0 unspecified atom stereocenters. The maximum absolute atomic E-state index is 12.3. The average Bonchev–Trinajstić information content (AvgIpc) is 2.58. The maximum Gasteiger partial charge on any atom is 0.242 e. The molecule has 1 aromatic carbocycles. The Balaban J connectivity index is 2.43. The molecule has 0 spiro atoms. The summed E-state index contributed by atoms with van der Waals surface area (Å²) in [5, 5.41) is 5.77. The van der Waals surface area contributed by atoms with E-state index in [-0.39, 0.29) is 11.8 Å². The van der Waals surface area contributed by atoms with Crippen LogP contribution in [0, 0.1) is 0 Å². The maximum atomic E-state index is 12.3. The molecule has 2 amide bonds. The van der Waals surface area contributed by atoms with Crippen LogP contribution in [0.15, 0.2) is 30.3 Å². The van der Waals surface area contributed by atoms with E-state index in [4.69, 9.17) is 0 Å². The number of benzene rings is 1. The van der Waals surface area contributed by atoms with E-state index >= 15 is 0 Å². The molecule has 0 bridgehead atoms. The lowest BCUT2D eigenvalue weighted by molar-refractivity contribution is -0.128. The van der Waals surface area contributed by atoms with Gasteiger partial charge in [-0.3, -0.25) is 9.59 Å². The lowest BCUT2D eigenvalue weighted by atomic mass is 9.98. The Labute approximate surface area is 143 Å². The highest BCUT2D eigenvalue weighted by Gasteiger charge is 2.19. The van der Waals surface area contributed by atoms with E-state index in [9.17, 15) is 9.59 Å². The SMILES string of the molecule is CCC(=O)N[C@H](CCSC)C(=O)NCC[C@@H](C)c1ccccc1. The topological polar surface area (TPSA) is 58.2 Å². The molecule has 2 N–H and O–H groups in total. The Morgan fingerprint density at radius 3 is 2.48 bits per heavy atom. The van der Waals surface area contributed by atoms with Crippen molar-refractivity contribution in [3.63, 3.8) is 0 Å². The number of thioether (sulfide) groups is 1. The highest BCUT2D eigenvalue weighted by atomic mass is 32.2. The number of hydrogen-bond donors (Lipinski definition) is 2. The zero-order chi connectivity index (χ0) is 17.1. The van der Waals surface area contributed by atoms with Gasteiger partial charge in [0.25, 0.3) is 0 Å². The van der Waals surface area contributed by atoms with Gasteiger partial charge in [-0.1, -0.05) is 44.2 Å². The number of nitrogens with one attached hydrogen (secondary N) is 2. The highest BCUT2D eigenvalue weighted by Crippen LogP contribution is 2.17. The predicted molar refractivity (Wildman–Crippen MR) is 97.7 cm³/mol. The molecular formula is C18H28N2O2S. The van der Waals surface area contributed by atoms with E-state index in [1.807, 2.05) is 24.5 Å². The summed E-state index contributed by atoms with van der Waals surface area (Å²) in [6.07, 6.45) is 3.94. The molecule has 2 atom stereocenters. The van der Waals surface area contributed by atoms with Crippen LogP contribution in [-0.4, -0.2) is 36.4 Å². The van der Waals surface area contributed by atoms with Crippen molar-refractivity contribution in [2.45, 2.75) is 45.1 Å². The minimum absolute atomic E-state index is 0.0797. The third-order valence-electron chi connectivity index (χ3n) is 3.83. The molecule has 1 rings (SSSR count). The summed E-state index contributed by atoms with van der Waals surface area (Å²) >= 11 is 1.68. The van der Waals surface area contributed by atoms with Crippen LogP contribution in [0.4, 0.5) is 0 Å². The smallest absolute Gasteiger partial charge is 0.242 e. The zero-order valence-corrected chi connectivity index (χ0v) is 15.1.